The zero-order valence-corrected chi connectivity index (χ0v) is 10.2. The Morgan fingerprint density at radius 3 is 2.94 bits per heavy atom. The van der Waals surface area contributed by atoms with Gasteiger partial charge in [0.2, 0.25) is 0 Å². The summed E-state index contributed by atoms with van der Waals surface area (Å²) in [6, 6.07) is 7.70. The van der Waals surface area contributed by atoms with Gasteiger partial charge in [-0.3, -0.25) is 0 Å². The van der Waals surface area contributed by atoms with Gasteiger partial charge >= 0.3 is 0 Å². The van der Waals surface area contributed by atoms with Crippen molar-refractivity contribution in [1.29, 1.82) is 5.26 Å². The van der Waals surface area contributed by atoms with Crippen molar-refractivity contribution in [2.45, 2.75) is 19.4 Å². The Kier molecular flexibility index (Phi) is 5.10. The van der Waals surface area contributed by atoms with Crippen molar-refractivity contribution in [3.05, 3.63) is 28.8 Å². The van der Waals surface area contributed by atoms with Crippen molar-refractivity contribution in [2.75, 3.05) is 19.0 Å². The minimum Gasteiger partial charge on any atom is -0.385 e. The fraction of sp³-hybridized carbons (Fsp3) is 0.417. The van der Waals surface area contributed by atoms with E-state index >= 15 is 0 Å². The summed E-state index contributed by atoms with van der Waals surface area (Å²) in [5, 5.41) is 12.6. The summed E-state index contributed by atoms with van der Waals surface area (Å²) in [6.07, 6.45) is 0.918. The minimum absolute atomic E-state index is 0.299. The van der Waals surface area contributed by atoms with Crippen molar-refractivity contribution in [3.8, 4) is 6.07 Å². The number of benzene rings is 1. The van der Waals surface area contributed by atoms with Crippen LogP contribution in [0.3, 0.4) is 0 Å². The normalized spacial score (nSPS) is 11.9. The fourth-order valence-corrected chi connectivity index (χ4v) is 1.51. The highest BCUT2D eigenvalue weighted by atomic mass is 35.5. The first-order valence-electron chi connectivity index (χ1n) is 5.12. The van der Waals surface area contributed by atoms with E-state index in [0.717, 1.165) is 12.1 Å². The number of nitriles is 1. The summed E-state index contributed by atoms with van der Waals surface area (Å²) < 4.78 is 5.00. The Bertz CT molecular complexity index is 387. The third-order valence-corrected chi connectivity index (χ3v) is 2.58. The van der Waals surface area contributed by atoms with Crippen molar-refractivity contribution in [1.82, 2.24) is 0 Å². The smallest absolute Gasteiger partial charge is 0.101 e. The topological polar surface area (TPSA) is 45.0 Å². The van der Waals surface area contributed by atoms with Crippen LogP contribution in [0.25, 0.3) is 0 Å². The van der Waals surface area contributed by atoms with E-state index in [-0.39, 0.29) is 0 Å². The van der Waals surface area contributed by atoms with Crippen LogP contribution in [0.4, 0.5) is 5.69 Å². The van der Waals surface area contributed by atoms with Gasteiger partial charge in [-0.05, 0) is 31.5 Å². The lowest BCUT2D eigenvalue weighted by atomic mass is 10.2. The highest BCUT2D eigenvalue weighted by Crippen LogP contribution is 2.20. The zero-order valence-electron chi connectivity index (χ0n) is 9.46. The van der Waals surface area contributed by atoms with Crippen LogP contribution in [0.2, 0.25) is 5.02 Å². The lowest BCUT2D eigenvalue weighted by molar-refractivity contribution is 0.191. The molecule has 1 atom stereocenters. The van der Waals surface area contributed by atoms with E-state index in [1.54, 1.807) is 19.2 Å². The van der Waals surface area contributed by atoms with Gasteiger partial charge < -0.3 is 10.1 Å². The van der Waals surface area contributed by atoms with Crippen molar-refractivity contribution < 1.29 is 4.74 Å². The molecular weight excluding hydrogens is 224 g/mol. The summed E-state index contributed by atoms with van der Waals surface area (Å²) in [5.41, 5.74) is 1.40. The maximum absolute atomic E-state index is 8.84. The van der Waals surface area contributed by atoms with E-state index in [9.17, 15) is 0 Å². The van der Waals surface area contributed by atoms with Crippen molar-refractivity contribution in [3.63, 3.8) is 0 Å². The average molecular weight is 239 g/mol. The molecule has 0 fully saturated rings. The molecule has 1 aromatic carbocycles. The average Bonchev–Trinajstić information content (AvgIpc) is 2.29. The fourth-order valence-electron chi connectivity index (χ4n) is 1.35. The first-order valence-corrected chi connectivity index (χ1v) is 5.50. The van der Waals surface area contributed by atoms with Gasteiger partial charge in [0, 0.05) is 25.4 Å². The highest BCUT2D eigenvalue weighted by molar-refractivity contribution is 6.31. The molecule has 4 heteroatoms. The maximum Gasteiger partial charge on any atom is 0.101 e. The van der Waals surface area contributed by atoms with E-state index in [4.69, 9.17) is 21.6 Å². The number of ether oxygens (including phenoxy) is 1. The molecule has 0 saturated carbocycles. The molecule has 0 saturated heterocycles. The van der Waals surface area contributed by atoms with Crippen LogP contribution in [0.5, 0.6) is 0 Å². The molecule has 0 aliphatic heterocycles. The molecule has 0 bridgehead atoms. The number of rotatable bonds is 5. The number of halogens is 1. The third-order valence-electron chi connectivity index (χ3n) is 2.25. The lowest BCUT2D eigenvalue weighted by Gasteiger charge is -2.15. The Morgan fingerprint density at radius 1 is 1.56 bits per heavy atom. The van der Waals surface area contributed by atoms with E-state index < -0.39 is 0 Å². The molecule has 1 rings (SSSR count). The van der Waals surface area contributed by atoms with Gasteiger partial charge in [-0.1, -0.05) is 11.6 Å². The van der Waals surface area contributed by atoms with Gasteiger partial charge in [0.1, 0.15) is 6.07 Å². The Balaban J connectivity index is 2.64. The Labute approximate surface area is 101 Å². The predicted molar refractivity (Wildman–Crippen MR) is 65.7 cm³/mol. The van der Waals surface area contributed by atoms with Crippen molar-refractivity contribution in [2.24, 2.45) is 0 Å². The summed E-state index contributed by atoms with van der Waals surface area (Å²) in [4.78, 5) is 0. The first-order chi connectivity index (χ1) is 7.67. The number of nitrogens with one attached hydrogen (secondary N) is 1. The van der Waals surface area contributed by atoms with Crippen LogP contribution in [-0.2, 0) is 4.74 Å². The number of hydrogen-bond donors (Lipinski definition) is 1. The monoisotopic (exact) mass is 238 g/mol. The molecule has 0 aliphatic carbocycles. The summed E-state index contributed by atoms with van der Waals surface area (Å²) in [7, 11) is 1.68. The quantitative estimate of drug-likeness (QED) is 0.858. The second kappa shape index (κ2) is 6.37. The maximum atomic E-state index is 8.84. The number of nitrogens with zero attached hydrogens (tertiary/aromatic N) is 1. The molecule has 0 aliphatic rings. The standard InChI is InChI=1S/C12H15ClN2O/c1-9(5-6-16-2)15-11-3-4-12(13)10(7-11)8-14/h3-4,7,9,15H,5-6H2,1-2H3. The van der Waals surface area contributed by atoms with Gasteiger partial charge in [0.15, 0.2) is 0 Å². The Morgan fingerprint density at radius 2 is 2.31 bits per heavy atom. The molecule has 0 spiro atoms. The summed E-state index contributed by atoms with van der Waals surface area (Å²) in [6.45, 7) is 2.78. The molecule has 1 aromatic rings. The van der Waals surface area contributed by atoms with Crippen LogP contribution < -0.4 is 5.32 Å². The molecular formula is C12H15ClN2O. The molecule has 0 radical (unpaired) electrons. The van der Waals surface area contributed by atoms with Gasteiger partial charge in [-0.25, -0.2) is 0 Å². The zero-order chi connectivity index (χ0) is 12.0. The summed E-state index contributed by atoms with van der Waals surface area (Å²) in [5.74, 6) is 0. The summed E-state index contributed by atoms with van der Waals surface area (Å²) >= 11 is 5.85. The SMILES string of the molecule is COCCC(C)Nc1ccc(Cl)c(C#N)c1. The lowest BCUT2D eigenvalue weighted by Crippen LogP contribution is -2.17. The van der Waals surface area contributed by atoms with E-state index in [1.165, 1.54) is 0 Å². The molecule has 0 amide bonds. The number of hydrogen-bond acceptors (Lipinski definition) is 3. The molecule has 3 nitrogen and oxygen atoms in total. The van der Waals surface area contributed by atoms with Crippen LogP contribution in [0.15, 0.2) is 18.2 Å². The van der Waals surface area contributed by atoms with Gasteiger partial charge in [0.05, 0.1) is 10.6 Å². The van der Waals surface area contributed by atoms with Gasteiger partial charge in [0.25, 0.3) is 0 Å². The van der Waals surface area contributed by atoms with Gasteiger partial charge in [-0.15, -0.1) is 0 Å². The van der Waals surface area contributed by atoms with E-state index in [2.05, 4.69) is 18.3 Å². The predicted octanol–water partition coefficient (Wildman–Crippen LogP) is 3.05. The molecule has 86 valence electrons. The van der Waals surface area contributed by atoms with Crippen LogP contribution in [0.1, 0.15) is 18.9 Å². The first kappa shape index (κ1) is 12.8. The molecule has 1 N–H and O–H groups in total. The van der Waals surface area contributed by atoms with E-state index in [1.807, 2.05) is 6.07 Å². The Hall–Kier alpha value is -1.24. The molecule has 16 heavy (non-hydrogen) atoms. The molecule has 0 aromatic heterocycles. The molecule has 1 unspecified atom stereocenters. The third kappa shape index (κ3) is 3.73. The van der Waals surface area contributed by atoms with Crippen molar-refractivity contribution >= 4 is 17.3 Å². The van der Waals surface area contributed by atoms with E-state index in [0.29, 0.717) is 23.2 Å². The number of anilines is 1. The van der Waals surface area contributed by atoms with Crippen LogP contribution in [-0.4, -0.2) is 19.8 Å². The second-order valence-corrected chi connectivity index (χ2v) is 4.04. The van der Waals surface area contributed by atoms with Crippen LogP contribution in [0, 0.1) is 11.3 Å². The minimum atomic E-state index is 0.299. The van der Waals surface area contributed by atoms with Crippen LogP contribution >= 0.6 is 11.6 Å². The number of methoxy groups -OCH3 is 1. The van der Waals surface area contributed by atoms with Gasteiger partial charge in [-0.2, -0.15) is 5.26 Å². The highest BCUT2D eigenvalue weighted by Gasteiger charge is 2.04. The largest absolute Gasteiger partial charge is 0.385 e. The molecule has 0 heterocycles. The second-order valence-electron chi connectivity index (χ2n) is 3.63.